The Morgan fingerprint density at radius 2 is 1.93 bits per heavy atom. The molecule has 1 aliphatic rings. The van der Waals surface area contributed by atoms with Crippen LogP contribution >= 0.6 is 11.8 Å². The van der Waals surface area contributed by atoms with Crippen LogP contribution in [0.4, 0.5) is 4.79 Å². The number of thioether (sulfide) groups is 1. The van der Waals surface area contributed by atoms with Crippen LogP contribution in [0, 0.1) is 20.8 Å². The number of amides is 2. The molecule has 0 saturated carbocycles. The minimum absolute atomic E-state index is 0.243. The highest BCUT2D eigenvalue weighted by atomic mass is 32.2. The van der Waals surface area contributed by atoms with Gasteiger partial charge in [-0.1, -0.05) is 25.1 Å². The minimum Gasteiger partial charge on any atom is -0.480 e. The van der Waals surface area contributed by atoms with Crippen LogP contribution in [-0.2, 0) is 16.0 Å². The number of carboxylic acids is 1. The summed E-state index contributed by atoms with van der Waals surface area (Å²) in [7, 11) is 0. The smallest absolute Gasteiger partial charge is 0.323 e. The summed E-state index contributed by atoms with van der Waals surface area (Å²) in [5.74, 6) is -1.78. The summed E-state index contributed by atoms with van der Waals surface area (Å²) in [5.41, 5.74) is 6.36. The Balaban J connectivity index is 2.05. The number of rotatable bonds is 5. The first-order chi connectivity index (χ1) is 13.2. The van der Waals surface area contributed by atoms with Gasteiger partial charge in [-0.25, -0.2) is 0 Å². The number of hydrogen-bond acceptors (Lipinski definition) is 4. The van der Waals surface area contributed by atoms with E-state index in [4.69, 9.17) is 5.11 Å². The Bertz CT molecular complexity index is 1020. The number of benzene rings is 1. The second kappa shape index (κ2) is 7.67. The number of para-hydroxylation sites is 1. The number of hydrogen-bond donors (Lipinski definition) is 1. The van der Waals surface area contributed by atoms with Gasteiger partial charge in [-0.2, -0.15) is 0 Å². The van der Waals surface area contributed by atoms with Gasteiger partial charge in [-0.15, -0.1) is 0 Å². The second-order valence-corrected chi connectivity index (χ2v) is 7.75. The highest BCUT2D eigenvalue weighted by Gasteiger charge is 2.36. The van der Waals surface area contributed by atoms with E-state index in [2.05, 4.69) is 30.5 Å². The molecule has 2 aromatic rings. The van der Waals surface area contributed by atoms with Crippen LogP contribution in [0.1, 0.15) is 35.0 Å². The van der Waals surface area contributed by atoms with E-state index in [1.807, 2.05) is 26.0 Å². The molecule has 0 aliphatic carbocycles. The molecule has 0 radical (unpaired) electrons. The molecule has 1 aromatic carbocycles. The van der Waals surface area contributed by atoms with Gasteiger partial charge in [-0.3, -0.25) is 19.3 Å². The van der Waals surface area contributed by atoms with Crippen LogP contribution in [-0.4, -0.2) is 38.2 Å². The van der Waals surface area contributed by atoms with E-state index in [-0.39, 0.29) is 4.91 Å². The van der Waals surface area contributed by atoms with Crippen molar-refractivity contribution < 1.29 is 19.5 Å². The fraction of sp³-hybridized carbons (Fsp3) is 0.286. The predicted molar refractivity (Wildman–Crippen MR) is 110 cm³/mol. The van der Waals surface area contributed by atoms with Crippen LogP contribution in [0.3, 0.4) is 0 Å². The fourth-order valence-corrected chi connectivity index (χ4v) is 4.34. The number of carbonyl (C=O) groups excluding carboxylic acids is 2. The SMILES string of the molecule is CCc1cccc(C)c1-n1c(C)cc(/C=C2\SC(=O)N(CC(=O)O)C2=O)c1C. The third-order valence-corrected chi connectivity index (χ3v) is 5.76. The molecule has 28 heavy (non-hydrogen) atoms. The lowest BCUT2D eigenvalue weighted by Crippen LogP contribution is -2.33. The van der Waals surface area contributed by atoms with E-state index >= 15 is 0 Å². The van der Waals surface area contributed by atoms with Gasteiger partial charge < -0.3 is 9.67 Å². The lowest BCUT2D eigenvalue weighted by molar-refractivity contribution is -0.140. The Labute approximate surface area is 167 Å². The highest BCUT2D eigenvalue weighted by molar-refractivity contribution is 8.18. The largest absolute Gasteiger partial charge is 0.480 e. The van der Waals surface area contributed by atoms with Crippen molar-refractivity contribution in [1.29, 1.82) is 0 Å². The fourth-order valence-electron chi connectivity index (χ4n) is 3.52. The van der Waals surface area contributed by atoms with Gasteiger partial charge in [0.15, 0.2) is 0 Å². The van der Waals surface area contributed by atoms with E-state index in [1.165, 1.54) is 5.56 Å². The van der Waals surface area contributed by atoms with Crippen molar-refractivity contribution in [3.05, 3.63) is 57.2 Å². The Hall–Kier alpha value is -2.80. The quantitative estimate of drug-likeness (QED) is 0.768. The van der Waals surface area contributed by atoms with Crippen molar-refractivity contribution in [3.63, 3.8) is 0 Å². The monoisotopic (exact) mass is 398 g/mol. The number of imide groups is 1. The average Bonchev–Trinajstić information content (AvgIpc) is 3.05. The van der Waals surface area contributed by atoms with Gasteiger partial charge in [0, 0.05) is 11.4 Å². The lowest BCUT2D eigenvalue weighted by atomic mass is 10.1. The van der Waals surface area contributed by atoms with Crippen LogP contribution in [0.15, 0.2) is 29.2 Å². The molecule has 1 fully saturated rings. The van der Waals surface area contributed by atoms with E-state index in [9.17, 15) is 14.4 Å². The zero-order chi connectivity index (χ0) is 20.6. The molecule has 0 bridgehead atoms. The molecule has 1 aliphatic heterocycles. The molecule has 0 unspecified atom stereocenters. The average molecular weight is 398 g/mol. The Morgan fingerprint density at radius 1 is 1.21 bits per heavy atom. The molecule has 0 spiro atoms. The molecule has 1 saturated heterocycles. The standard InChI is InChI=1S/C21H22N2O4S/c1-5-15-8-6-7-12(2)19(15)23-13(3)9-16(14(23)4)10-17-20(26)22(11-18(24)25)21(27)28-17/h6-10H,5,11H2,1-4H3,(H,24,25)/b17-10-. The molecule has 2 heterocycles. The third kappa shape index (κ3) is 3.49. The number of carboxylic acid groups (broad SMARTS) is 1. The summed E-state index contributed by atoms with van der Waals surface area (Å²) in [6.07, 6.45) is 2.58. The zero-order valence-corrected chi connectivity index (χ0v) is 17.1. The molecule has 6 nitrogen and oxygen atoms in total. The zero-order valence-electron chi connectivity index (χ0n) is 16.3. The van der Waals surface area contributed by atoms with Gasteiger partial charge in [0.2, 0.25) is 0 Å². The first kappa shape index (κ1) is 19.9. The topological polar surface area (TPSA) is 79.6 Å². The predicted octanol–water partition coefficient (Wildman–Crippen LogP) is 4.09. The van der Waals surface area contributed by atoms with Gasteiger partial charge >= 0.3 is 5.97 Å². The number of aromatic nitrogens is 1. The maximum atomic E-state index is 12.4. The molecule has 2 amide bonds. The molecule has 146 valence electrons. The first-order valence-corrected chi connectivity index (χ1v) is 9.81. The maximum Gasteiger partial charge on any atom is 0.323 e. The molecule has 1 N–H and O–H groups in total. The highest BCUT2D eigenvalue weighted by Crippen LogP contribution is 2.34. The summed E-state index contributed by atoms with van der Waals surface area (Å²) in [6.45, 7) is 7.55. The molecule has 1 aromatic heterocycles. The molecule has 0 atom stereocenters. The van der Waals surface area contributed by atoms with E-state index in [0.29, 0.717) is 0 Å². The van der Waals surface area contributed by atoms with Gasteiger partial charge in [0.05, 0.1) is 10.6 Å². The summed E-state index contributed by atoms with van der Waals surface area (Å²) in [5, 5.41) is 8.34. The third-order valence-electron chi connectivity index (χ3n) is 4.85. The normalized spacial score (nSPS) is 15.7. The van der Waals surface area contributed by atoms with E-state index in [1.54, 1.807) is 6.08 Å². The van der Waals surface area contributed by atoms with Crippen LogP contribution in [0.25, 0.3) is 11.8 Å². The molecular weight excluding hydrogens is 376 g/mol. The van der Waals surface area contributed by atoms with Crippen LogP contribution < -0.4 is 0 Å². The van der Waals surface area contributed by atoms with Crippen molar-refractivity contribution in [2.45, 2.75) is 34.1 Å². The molecular formula is C21H22N2O4S. The van der Waals surface area contributed by atoms with Crippen molar-refractivity contribution in [1.82, 2.24) is 9.47 Å². The van der Waals surface area contributed by atoms with Crippen LogP contribution in [0.2, 0.25) is 0 Å². The summed E-state index contributed by atoms with van der Waals surface area (Å²) in [6, 6.07) is 8.21. The summed E-state index contributed by atoms with van der Waals surface area (Å²) >= 11 is 0.775. The molecule has 7 heteroatoms. The number of aryl methyl sites for hydroxylation is 3. The van der Waals surface area contributed by atoms with Crippen molar-refractivity contribution >= 4 is 35.0 Å². The summed E-state index contributed by atoms with van der Waals surface area (Å²) < 4.78 is 2.17. The van der Waals surface area contributed by atoms with E-state index < -0.39 is 23.7 Å². The lowest BCUT2D eigenvalue weighted by Gasteiger charge is -2.17. The van der Waals surface area contributed by atoms with E-state index in [0.717, 1.165) is 51.3 Å². The summed E-state index contributed by atoms with van der Waals surface area (Å²) in [4.78, 5) is 36.3. The van der Waals surface area contributed by atoms with Crippen molar-refractivity contribution in [2.24, 2.45) is 0 Å². The number of carbonyl (C=O) groups is 3. The number of nitrogens with zero attached hydrogens (tertiary/aromatic N) is 2. The molecule has 3 rings (SSSR count). The van der Waals surface area contributed by atoms with Crippen molar-refractivity contribution in [2.75, 3.05) is 6.54 Å². The van der Waals surface area contributed by atoms with Gasteiger partial charge in [0.1, 0.15) is 6.54 Å². The Morgan fingerprint density at radius 3 is 2.57 bits per heavy atom. The second-order valence-electron chi connectivity index (χ2n) is 6.76. The minimum atomic E-state index is -1.21. The number of aliphatic carboxylic acids is 1. The van der Waals surface area contributed by atoms with Crippen molar-refractivity contribution in [3.8, 4) is 5.69 Å². The van der Waals surface area contributed by atoms with Gasteiger partial charge in [0.25, 0.3) is 11.1 Å². The maximum absolute atomic E-state index is 12.4. The van der Waals surface area contributed by atoms with Crippen LogP contribution in [0.5, 0.6) is 0 Å². The van der Waals surface area contributed by atoms with Gasteiger partial charge in [-0.05, 0) is 67.8 Å². The Kier molecular flexibility index (Phi) is 5.47. The first-order valence-electron chi connectivity index (χ1n) is 8.99.